The SMILES string of the molecule is CN(C)C1CCN(c2ncc([N+](=O)[O-])cc2C(=O)O)C1. The number of likely N-dealkylation sites (N-methyl/N-ethyl adjacent to an activating group) is 1. The quantitative estimate of drug-likeness (QED) is 0.644. The first kappa shape index (κ1) is 14.2. The van der Waals surface area contributed by atoms with Gasteiger partial charge in [-0.05, 0) is 20.5 Å². The maximum Gasteiger partial charge on any atom is 0.339 e. The van der Waals surface area contributed by atoms with Gasteiger partial charge >= 0.3 is 5.97 Å². The first-order valence-corrected chi connectivity index (χ1v) is 6.19. The lowest BCUT2D eigenvalue weighted by Gasteiger charge is -2.21. The molecule has 0 aliphatic carbocycles. The molecule has 8 nitrogen and oxygen atoms in total. The molecule has 1 aliphatic rings. The average molecular weight is 280 g/mol. The van der Waals surface area contributed by atoms with Gasteiger partial charge in [-0.3, -0.25) is 10.1 Å². The molecule has 0 radical (unpaired) electrons. The Labute approximate surface area is 115 Å². The fraction of sp³-hybridized carbons (Fsp3) is 0.500. The lowest BCUT2D eigenvalue weighted by Crippen LogP contribution is -2.32. The first-order valence-electron chi connectivity index (χ1n) is 6.19. The zero-order valence-electron chi connectivity index (χ0n) is 11.3. The number of rotatable bonds is 4. The molecule has 1 N–H and O–H groups in total. The van der Waals surface area contributed by atoms with Crippen molar-refractivity contribution in [3.63, 3.8) is 0 Å². The highest BCUT2D eigenvalue weighted by molar-refractivity contribution is 5.94. The number of carbonyl (C=O) groups is 1. The van der Waals surface area contributed by atoms with Gasteiger partial charge in [0, 0.05) is 25.2 Å². The summed E-state index contributed by atoms with van der Waals surface area (Å²) in [4.78, 5) is 29.2. The molecule has 2 rings (SSSR count). The molecule has 2 heterocycles. The molecular formula is C12H16N4O4. The van der Waals surface area contributed by atoms with Gasteiger partial charge in [-0.25, -0.2) is 9.78 Å². The van der Waals surface area contributed by atoms with Gasteiger partial charge in [0.2, 0.25) is 0 Å². The number of anilines is 1. The smallest absolute Gasteiger partial charge is 0.339 e. The summed E-state index contributed by atoms with van der Waals surface area (Å²) in [5.41, 5.74) is -0.437. The monoisotopic (exact) mass is 280 g/mol. The molecule has 1 unspecified atom stereocenters. The van der Waals surface area contributed by atoms with Crippen LogP contribution in [0.2, 0.25) is 0 Å². The van der Waals surface area contributed by atoms with Crippen molar-refractivity contribution in [2.24, 2.45) is 0 Å². The van der Waals surface area contributed by atoms with Crippen LogP contribution in [0, 0.1) is 10.1 Å². The summed E-state index contributed by atoms with van der Waals surface area (Å²) in [7, 11) is 3.94. The molecule has 1 aromatic rings. The van der Waals surface area contributed by atoms with Crippen LogP contribution in [0.5, 0.6) is 0 Å². The van der Waals surface area contributed by atoms with Crippen LogP contribution in [0.15, 0.2) is 12.3 Å². The normalized spacial score (nSPS) is 18.6. The molecule has 1 atom stereocenters. The zero-order chi connectivity index (χ0) is 14.9. The maximum atomic E-state index is 11.3. The second-order valence-corrected chi connectivity index (χ2v) is 4.98. The third kappa shape index (κ3) is 2.69. The molecule has 0 bridgehead atoms. The second-order valence-electron chi connectivity index (χ2n) is 4.98. The molecule has 0 spiro atoms. The van der Waals surface area contributed by atoms with Crippen molar-refractivity contribution in [3.05, 3.63) is 27.9 Å². The molecule has 0 saturated carbocycles. The summed E-state index contributed by atoms with van der Waals surface area (Å²) < 4.78 is 0. The number of nitro groups is 1. The Hall–Kier alpha value is -2.22. The Balaban J connectivity index is 2.32. The van der Waals surface area contributed by atoms with Crippen LogP contribution in [0.25, 0.3) is 0 Å². The molecule has 0 amide bonds. The molecule has 20 heavy (non-hydrogen) atoms. The van der Waals surface area contributed by atoms with Crippen LogP contribution in [-0.4, -0.2) is 59.1 Å². The summed E-state index contributed by atoms with van der Waals surface area (Å²) >= 11 is 0. The molecule has 1 aromatic heterocycles. The topological polar surface area (TPSA) is 99.8 Å². The Kier molecular flexibility index (Phi) is 3.84. The van der Waals surface area contributed by atoms with Crippen molar-refractivity contribution in [2.45, 2.75) is 12.5 Å². The van der Waals surface area contributed by atoms with Gasteiger partial charge in [-0.1, -0.05) is 0 Å². The molecule has 108 valence electrons. The Bertz CT molecular complexity index is 546. The van der Waals surface area contributed by atoms with E-state index in [2.05, 4.69) is 9.88 Å². The highest BCUT2D eigenvalue weighted by Gasteiger charge is 2.29. The number of aromatic carboxylic acids is 1. The van der Waals surface area contributed by atoms with Gasteiger partial charge in [0.05, 0.1) is 4.92 Å². The Morgan fingerprint density at radius 2 is 2.30 bits per heavy atom. The summed E-state index contributed by atoms with van der Waals surface area (Å²) in [6, 6.07) is 1.39. The first-order chi connectivity index (χ1) is 9.40. The van der Waals surface area contributed by atoms with Crippen molar-refractivity contribution in [1.29, 1.82) is 0 Å². The second kappa shape index (κ2) is 5.41. The standard InChI is InChI=1S/C12H16N4O4/c1-14(2)8-3-4-15(7-8)11-10(12(17)18)5-9(6-13-11)16(19)20/h5-6,8H,3-4,7H2,1-2H3,(H,17,18). The highest BCUT2D eigenvalue weighted by atomic mass is 16.6. The van der Waals surface area contributed by atoms with Crippen molar-refractivity contribution in [2.75, 3.05) is 32.1 Å². The van der Waals surface area contributed by atoms with Gasteiger partial charge < -0.3 is 14.9 Å². The minimum absolute atomic E-state index is 0.126. The molecule has 1 saturated heterocycles. The lowest BCUT2D eigenvalue weighted by molar-refractivity contribution is -0.385. The molecule has 1 aliphatic heterocycles. The van der Waals surface area contributed by atoms with Gasteiger partial charge in [-0.15, -0.1) is 0 Å². The summed E-state index contributed by atoms with van der Waals surface area (Å²) in [6.45, 7) is 1.35. The maximum absolute atomic E-state index is 11.3. The molecule has 8 heteroatoms. The lowest BCUT2D eigenvalue weighted by atomic mass is 10.2. The van der Waals surface area contributed by atoms with E-state index in [1.165, 1.54) is 0 Å². The van der Waals surface area contributed by atoms with Gasteiger partial charge in [0.25, 0.3) is 5.69 Å². The van der Waals surface area contributed by atoms with E-state index < -0.39 is 10.9 Å². The number of aromatic nitrogens is 1. The van der Waals surface area contributed by atoms with Crippen LogP contribution in [0.4, 0.5) is 11.5 Å². The number of pyridine rings is 1. The molecular weight excluding hydrogens is 264 g/mol. The van der Waals surface area contributed by atoms with Crippen LogP contribution in [-0.2, 0) is 0 Å². The van der Waals surface area contributed by atoms with E-state index in [0.29, 0.717) is 24.9 Å². The number of carboxylic acids is 1. The van der Waals surface area contributed by atoms with E-state index in [1.54, 1.807) is 0 Å². The van der Waals surface area contributed by atoms with Crippen LogP contribution < -0.4 is 4.90 Å². The van der Waals surface area contributed by atoms with Gasteiger partial charge in [0.15, 0.2) is 0 Å². The van der Waals surface area contributed by atoms with E-state index in [4.69, 9.17) is 0 Å². The van der Waals surface area contributed by atoms with Gasteiger partial charge in [0.1, 0.15) is 17.6 Å². The van der Waals surface area contributed by atoms with Crippen molar-refractivity contribution >= 4 is 17.5 Å². The van der Waals surface area contributed by atoms with E-state index in [-0.39, 0.29) is 11.3 Å². The predicted molar refractivity (Wildman–Crippen MR) is 72.2 cm³/mol. The number of hydrogen-bond donors (Lipinski definition) is 1. The van der Waals surface area contributed by atoms with E-state index in [0.717, 1.165) is 18.7 Å². The number of carboxylic acid groups (broad SMARTS) is 1. The zero-order valence-corrected chi connectivity index (χ0v) is 11.3. The van der Waals surface area contributed by atoms with E-state index >= 15 is 0 Å². The fourth-order valence-corrected chi connectivity index (χ4v) is 2.31. The Morgan fingerprint density at radius 3 is 2.80 bits per heavy atom. The van der Waals surface area contributed by atoms with Crippen LogP contribution in [0.1, 0.15) is 16.8 Å². The van der Waals surface area contributed by atoms with Crippen LogP contribution in [0.3, 0.4) is 0 Å². The number of hydrogen-bond acceptors (Lipinski definition) is 6. The Morgan fingerprint density at radius 1 is 1.60 bits per heavy atom. The third-order valence-corrected chi connectivity index (χ3v) is 3.49. The summed E-state index contributed by atoms with van der Waals surface area (Å²) in [5, 5.41) is 19.9. The van der Waals surface area contributed by atoms with Crippen molar-refractivity contribution in [3.8, 4) is 0 Å². The van der Waals surface area contributed by atoms with E-state index in [1.807, 2.05) is 19.0 Å². The highest BCUT2D eigenvalue weighted by Crippen LogP contribution is 2.26. The van der Waals surface area contributed by atoms with Crippen LogP contribution >= 0.6 is 0 Å². The minimum Gasteiger partial charge on any atom is -0.478 e. The summed E-state index contributed by atoms with van der Waals surface area (Å²) in [5.74, 6) is -0.906. The third-order valence-electron chi connectivity index (χ3n) is 3.49. The summed E-state index contributed by atoms with van der Waals surface area (Å²) in [6.07, 6.45) is 2.01. The largest absolute Gasteiger partial charge is 0.478 e. The predicted octanol–water partition coefficient (Wildman–Crippen LogP) is 0.828. The molecule has 1 fully saturated rings. The molecule has 0 aromatic carbocycles. The average Bonchev–Trinajstić information content (AvgIpc) is 2.87. The minimum atomic E-state index is -1.20. The number of nitrogens with zero attached hydrogens (tertiary/aromatic N) is 4. The van der Waals surface area contributed by atoms with Crippen molar-refractivity contribution < 1.29 is 14.8 Å². The van der Waals surface area contributed by atoms with E-state index in [9.17, 15) is 20.0 Å². The van der Waals surface area contributed by atoms with Gasteiger partial charge in [-0.2, -0.15) is 0 Å². The fourth-order valence-electron chi connectivity index (χ4n) is 2.31. The van der Waals surface area contributed by atoms with Crippen molar-refractivity contribution in [1.82, 2.24) is 9.88 Å².